The van der Waals surface area contributed by atoms with Crippen LogP contribution in [0.2, 0.25) is 0 Å². The molecule has 1 unspecified atom stereocenters. The lowest BCUT2D eigenvalue weighted by Gasteiger charge is -2.35. The van der Waals surface area contributed by atoms with Crippen LogP contribution in [0.4, 0.5) is 30.7 Å². The molecule has 1 atom stereocenters. The topological polar surface area (TPSA) is 86.0 Å². The number of benzene rings is 1. The molecule has 2 aromatic heterocycles. The lowest BCUT2D eigenvalue weighted by molar-refractivity contribution is -0.207. The number of halogens is 7. The van der Waals surface area contributed by atoms with E-state index in [4.69, 9.17) is 0 Å². The molecule has 0 saturated heterocycles. The fourth-order valence-corrected chi connectivity index (χ4v) is 2.99. The molecule has 3 rings (SSSR count). The van der Waals surface area contributed by atoms with Crippen LogP contribution in [0.15, 0.2) is 48.9 Å². The number of aromatic nitrogens is 5. The fourth-order valence-electron chi connectivity index (χ4n) is 2.99. The third-order valence-corrected chi connectivity index (χ3v) is 4.58. The van der Waals surface area contributed by atoms with Gasteiger partial charge in [-0.15, -0.1) is 5.10 Å². The molecule has 0 aliphatic heterocycles. The summed E-state index contributed by atoms with van der Waals surface area (Å²) in [5, 5.41) is 21.0. The van der Waals surface area contributed by atoms with Crippen LogP contribution in [0, 0.1) is 11.6 Å². The molecule has 7 nitrogen and oxygen atoms in total. The molecule has 0 aliphatic carbocycles. The maximum absolute atomic E-state index is 15.6. The van der Waals surface area contributed by atoms with E-state index in [9.17, 15) is 27.1 Å². The maximum Gasteiger partial charge on any atom is 0.411 e. The Kier molecular flexibility index (Phi) is 7.31. The minimum Gasteiger partial charge on any atom is -0.377 e. The number of aliphatic hydroxyl groups is 1. The van der Waals surface area contributed by atoms with Crippen LogP contribution < -0.4 is 0 Å². The Morgan fingerprint density at radius 2 is 1.82 bits per heavy atom. The van der Waals surface area contributed by atoms with Gasteiger partial charge in [-0.2, -0.15) is 22.0 Å². The standard InChI is InChI=1S/C20H16F7N5O2/c21-14-4-5-15(16(22)8-14)18(33,10-32-12-29-30-31-32)20(26,27)17-6-3-13(9-28-17)2-1-7-34-11-19(23,24)25/h1-6,8-9,12,33H,7,10-11H2. The average molecular weight is 491 g/mol. The van der Waals surface area contributed by atoms with Crippen molar-refractivity contribution in [3.8, 4) is 0 Å². The third-order valence-electron chi connectivity index (χ3n) is 4.58. The van der Waals surface area contributed by atoms with Crippen molar-refractivity contribution < 1.29 is 40.6 Å². The highest BCUT2D eigenvalue weighted by Gasteiger charge is 2.57. The lowest BCUT2D eigenvalue weighted by atomic mass is 9.84. The summed E-state index contributed by atoms with van der Waals surface area (Å²) in [4.78, 5) is 3.62. The van der Waals surface area contributed by atoms with E-state index in [0.717, 1.165) is 29.3 Å². The van der Waals surface area contributed by atoms with E-state index < -0.39 is 53.7 Å². The van der Waals surface area contributed by atoms with Crippen LogP contribution in [-0.4, -0.2) is 49.7 Å². The van der Waals surface area contributed by atoms with Gasteiger partial charge >= 0.3 is 12.1 Å². The summed E-state index contributed by atoms with van der Waals surface area (Å²) in [6, 6.07) is 3.75. The SMILES string of the molecule is OC(Cn1cnnn1)(c1ccc(F)cc1F)C(F)(F)c1ccc(C=CCOCC(F)(F)F)cn1. The molecule has 14 heteroatoms. The molecule has 1 aromatic carbocycles. The number of alkyl halides is 5. The maximum atomic E-state index is 15.6. The van der Waals surface area contributed by atoms with Crippen molar-refractivity contribution in [2.75, 3.05) is 13.2 Å². The fraction of sp³-hybridized carbons (Fsp3) is 0.300. The van der Waals surface area contributed by atoms with Gasteiger partial charge in [-0.25, -0.2) is 13.5 Å². The molecule has 0 bridgehead atoms. The Morgan fingerprint density at radius 1 is 1.06 bits per heavy atom. The quantitative estimate of drug-likeness (QED) is 0.364. The van der Waals surface area contributed by atoms with E-state index in [0.29, 0.717) is 18.2 Å². The third kappa shape index (κ3) is 5.75. The molecule has 0 aliphatic rings. The van der Waals surface area contributed by atoms with Crippen LogP contribution in [0.5, 0.6) is 0 Å². The first-order chi connectivity index (χ1) is 15.9. The summed E-state index contributed by atoms with van der Waals surface area (Å²) in [7, 11) is 0. The minimum atomic E-state index is -4.48. The second-order valence-electron chi connectivity index (χ2n) is 7.08. The molecule has 0 amide bonds. The van der Waals surface area contributed by atoms with Crippen molar-refractivity contribution in [2.24, 2.45) is 0 Å². The van der Waals surface area contributed by atoms with Crippen molar-refractivity contribution in [1.82, 2.24) is 25.2 Å². The van der Waals surface area contributed by atoms with Crippen molar-refractivity contribution in [3.05, 3.63) is 77.4 Å². The van der Waals surface area contributed by atoms with E-state index >= 15 is 8.78 Å². The minimum absolute atomic E-state index is 0.243. The van der Waals surface area contributed by atoms with Crippen molar-refractivity contribution in [1.29, 1.82) is 0 Å². The van der Waals surface area contributed by atoms with Gasteiger partial charge in [0.2, 0.25) is 0 Å². The van der Waals surface area contributed by atoms with Crippen LogP contribution in [-0.2, 0) is 22.8 Å². The van der Waals surface area contributed by atoms with E-state index in [-0.39, 0.29) is 12.2 Å². The van der Waals surface area contributed by atoms with Crippen LogP contribution in [0.25, 0.3) is 6.08 Å². The molecule has 1 N–H and O–H groups in total. The van der Waals surface area contributed by atoms with Gasteiger partial charge in [0.1, 0.15) is 30.3 Å². The van der Waals surface area contributed by atoms with E-state index in [1.54, 1.807) is 0 Å². The Morgan fingerprint density at radius 3 is 2.41 bits per heavy atom. The van der Waals surface area contributed by atoms with E-state index in [1.165, 1.54) is 12.2 Å². The summed E-state index contributed by atoms with van der Waals surface area (Å²) in [6.45, 7) is -2.83. The predicted octanol–water partition coefficient (Wildman–Crippen LogP) is 3.62. The van der Waals surface area contributed by atoms with Gasteiger partial charge in [0.05, 0.1) is 13.2 Å². The van der Waals surface area contributed by atoms with Gasteiger partial charge in [0, 0.05) is 17.8 Å². The summed E-state index contributed by atoms with van der Waals surface area (Å²) in [6.07, 6.45) is -0.0704. The van der Waals surface area contributed by atoms with E-state index in [2.05, 4.69) is 25.2 Å². The first kappa shape index (κ1) is 25.2. The van der Waals surface area contributed by atoms with Crippen molar-refractivity contribution in [3.63, 3.8) is 0 Å². The van der Waals surface area contributed by atoms with Gasteiger partial charge in [-0.05, 0) is 34.2 Å². The number of hydrogen-bond donors (Lipinski definition) is 1. The Balaban J connectivity index is 1.87. The lowest BCUT2D eigenvalue weighted by Crippen LogP contribution is -2.48. The van der Waals surface area contributed by atoms with Gasteiger partial charge < -0.3 is 9.84 Å². The number of pyridine rings is 1. The zero-order valence-corrected chi connectivity index (χ0v) is 17.1. The zero-order valence-electron chi connectivity index (χ0n) is 17.1. The van der Waals surface area contributed by atoms with E-state index in [1.807, 2.05) is 0 Å². The number of nitrogens with zero attached hydrogens (tertiary/aromatic N) is 5. The Hall–Kier alpha value is -3.39. The summed E-state index contributed by atoms with van der Waals surface area (Å²) < 4.78 is 100. The summed E-state index contributed by atoms with van der Waals surface area (Å²) in [5.74, 6) is -6.69. The highest BCUT2D eigenvalue weighted by atomic mass is 19.4. The highest BCUT2D eigenvalue weighted by molar-refractivity contribution is 5.48. The second kappa shape index (κ2) is 9.85. The van der Waals surface area contributed by atoms with Crippen LogP contribution in [0.1, 0.15) is 16.8 Å². The first-order valence-electron chi connectivity index (χ1n) is 9.46. The molecule has 0 spiro atoms. The average Bonchev–Trinajstić information content (AvgIpc) is 3.25. The molecule has 182 valence electrons. The van der Waals surface area contributed by atoms with Crippen LogP contribution >= 0.6 is 0 Å². The number of ether oxygens (including phenoxy) is 1. The first-order valence-corrected chi connectivity index (χ1v) is 9.46. The molecule has 34 heavy (non-hydrogen) atoms. The molecule has 2 heterocycles. The second-order valence-corrected chi connectivity index (χ2v) is 7.08. The monoisotopic (exact) mass is 491 g/mol. The predicted molar refractivity (Wildman–Crippen MR) is 102 cm³/mol. The Labute approximate surface area is 187 Å². The van der Waals surface area contributed by atoms with Crippen LogP contribution in [0.3, 0.4) is 0 Å². The largest absolute Gasteiger partial charge is 0.411 e. The Bertz CT molecular complexity index is 1120. The van der Waals surface area contributed by atoms with Gasteiger partial charge in [-0.1, -0.05) is 18.2 Å². The van der Waals surface area contributed by atoms with Gasteiger partial charge in [-0.3, -0.25) is 4.98 Å². The summed E-state index contributed by atoms with van der Waals surface area (Å²) >= 11 is 0. The highest BCUT2D eigenvalue weighted by Crippen LogP contribution is 2.46. The zero-order chi connectivity index (χ0) is 25.0. The molecule has 3 aromatic rings. The van der Waals surface area contributed by atoms with Crippen molar-refractivity contribution >= 4 is 6.08 Å². The molecule has 0 fully saturated rings. The normalized spacial score (nSPS) is 14.5. The molecular weight excluding hydrogens is 475 g/mol. The summed E-state index contributed by atoms with van der Waals surface area (Å²) in [5.41, 5.74) is -4.91. The molecule has 0 saturated carbocycles. The van der Waals surface area contributed by atoms with Crippen molar-refractivity contribution in [2.45, 2.75) is 24.2 Å². The number of hydrogen-bond acceptors (Lipinski definition) is 6. The smallest absolute Gasteiger partial charge is 0.377 e. The number of tetrazole rings is 1. The molecular formula is C20H16F7N5O2. The molecule has 0 radical (unpaired) electrons. The van der Waals surface area contributed by atoms with Gasteiger partial charge in [0.15, 0.2) is 5.60 Å². The van der Waals surface area contributed by atoms with Gasteiger partial charge in [0.25, 0.3) is 0 Å². The number of rotatable bonds is 9.